The van der Waals surface area contributed by atoms with Gasteiger partial charge in [0.15, 0.2) is 5.82 Å². The lowest BCUT2D eigenvalue weighted by atomic mass is 10.2. The molecule has 1 aromatic heterocycles. The number of benzene rings is 2. The summed E-state index contributed by atoms with van der Waals surface area (Å²) < 4.78 is 34.6. The highest BCUT2D eigenvalue weighted by Gasteiger charge is 2.29. The van der Waals surface area contributed by atoms with Gasteiger partial charge in [0.05, 0.1) is 23.8 Å². The first-order chi connectivity index (χ1) is 14.4. The zero-order valence-corrected chi connectivity index (χ0v) is 18.3. The third-order valence-corrected chi connectivity index (χ3v) is 7.53. The van der Waals surface area contributed by atoms with Crippen LogP contribution in [0.1, 0.15) is 10.4 Å². The van der Waals surface area contributed by atoms with Gasteiger partial charge in [0, 0.05) is 35.4 Å². The molecule has 2 heterocycles. The van der Waals surface area contributed by atoms with E-state index in [-0.39, 0.29) is 23.5 Å². The van der Waals surface area contributed by atoms with Crippen molar-refractivity contribution in [3.63, 3.8) is 0 Å². The highest BCUT2D eigenvalue weighted by Crippen LogP contribution is 2.27. The van der Waals surface area contributed by atoms with Crippen LogP contribution in [0.4, 0.5) is 5.82 Å². The summed E-state index contributed by atoms with van der Waals surface area (Å²) >= 11 is 3.29. The van der Waals surface area contributed by atoms with E-state index in [1.807, 2.05) is 30.3 Å². The summed E-state index contributed by atoms with van der Waals surface area (Å²) in [6, 6.07) is 15.7. The van der Waals surface area contributed by atoms with Crippen LogP contribution in [0.15, 0.2) is 70.2 Å². The smallest absolute Gasteiger partial charge is 0.256 e. The first-order valence-corrected chi connectivity index (χ1v) is 11.5. The number of carbonyl (C=O) groups excluding carboxylic acids is 1. The molecule has 10 heteroatoms. The Kier molecular flexibility index (Phi) is 6.00. The maximum atomic E-state index is 13.0. The van der Waals surface area contributed by atoms with Crippen LogP contribution in [0, 0.1) is 0 Å². The number of aromatic nitrogens is 2. The van der Waals surface area contributed by atoms with Crippen molar-refractivity contribution in [3.8, 4) is 5.69 Å². The molecule has 0 atom stereocenters. The van der Waals surface area contributed by atoms with Crippen LogP contribution in [-0.4, -0.2) is 54.7 Å². The largest absolute Gasteiger partial charge is 0.379 e. The lowest BCUT2D eigenvalue weighted by Crippen LogP contribution is -2.40. The van der Waals surface area contributed by atoms with Gasteiger partial charge in [0.1, 0.15) is 0 Å². The Balaban J connectivity index is 1.55. The number of halogens is 1. The Morgan fingerprint density at radius 3 is 2.53 bits per heavy atom. The van der Waals surface area contributed by atoms with Crippen molar-refractivity contribution in [1.82, 2.24) is 14.1 Å². The second kappa shape index (κ2) is 8.68. The molecule has 2 aromatic carbocycles. The third kappa shape index (κ3) is 4.31. The van der Waals surface area contributed by atoms with E-state index in [0.29, 0.717) is 23.5 Å². The number of anilines is 1. The van der Waals surface area contributed by atoms with Crippen LogP contribution in [0.25, 0.3) is 5.69 Å². The molecule has 0 aliphatic carbocycles. The fourth-order valence-corrected chi connectivity index (χ4v) is 5.43. The van der Waals surface area contributed by atoms with Crippen molar-refractivity contribution in [2.75, 3.05) is 31.6 Å². The van der Waals surface area contributed by atoms with Crippen molar-refractivity contribution in [2.24, 2.45) is 0 Å². The maximum absolute atomic E-state index is 13.0. The number of carbonyl (C=O) groups is 1. The van der Waals surface area contributed by atoms with Gasteiger partial charge in [-0.25, -0.2) is 13.1 Å². The minimum Gasteiger partial charge on any atom is -0.379 e. The monoisotopic (exact) mass is 490 g/mol. The zero-order chi connectivity index (χ0) is 21.1. The molecule has 0 unspecified atom stereocenters. The van der Waals surface area contributed by atoms with Crippen molar-refractivity contribution in [3.05, 3.63) is 70.8 Å². The Labute approximate surface area is 182 Å². The number of hydrogen-bond donors (Lipinski definition) is 1. The van der Waals surface area contributed by atoms with Gasteiger partial charge in [0.2, 0.25) is 10.0 Å². The van der Waals surface area contributed by atoms with E-state index < -0.39 is 15.9 Å². The van der Waals surface area contributed by atoms with E-state index in [4.69, 9.17) is 4.74 Å². The number of sulfonamides is 1. The normalized spacial score (nSPS) is 15.1. The van der Waals surface area contributed by atoms with Crippen LogP contribution in [-0.2, 0) is 14.8 Å². The molecule has 1 saturated heterocycles. The number of hydrogen-bond acceptors (Lipinski definition) is 5. The third-order valence-electron chi connectivity index (χ3n) is 4.63. The van der Waals surface area contributed by atoms with E-state index in [9.17, 15) is 13.2 Å². The fourth-order valence-electron chi connectivity index (χ4n) is 3.07. The topological polar surface area (TPSA) is 93.5 Å². The highest BCUT2D eigenvalue weighted by atomic mass is 79.9. The van der Waals surface area contributed by atoms with Gasteiger partial charge in [-0.1, -0.05) is 18.2 Å². The molecule has 1 amide bonds. The number of ether oxygens (including phenoxy) is 1. The molecule has 156 valence electrons. The molecule has 8 nitrogen and oxygen atoms in total. The average Bonchev–Trinajstić information content (AvgIpc) is 3.23. The molecule has 30 heavy (non-hydrogen) atoms. The Bertz CT molecular complexity index is 1160. The molecule has 1 N–H and O–H groups in total. The Morgan fingerprint density at radius 2 is 1.80 bits per heavy atom. The second-order valence-electron chi connectivity index (χ2n) is 6.60. The summed E-state index contributed by atoms with van der Waals surface area (Å²) in [4.78, 5) is 12.8. The number of para-hydroxylation sites is 1. The Hall–Kier alpha value is -2.53. The fraction of sp³-hybridized carbons (Fsp3) is 0.200. The number of morpholine rings is 1. The standard InChI is InChI=1S/C20H19BrN4O4S/c21-17-7-6-15(14-18(17)30(27,28)24-10-12-29-13-11-24)20(26)22-19-8-9-25(23-19)16-4-2-1-3-5-16/h1-9,14H,10-13H2,(H,22,23,26). The number of nitrogens with one attached hydrogen (secondary N) is 1. The van der Waals surface area contributed by atoms with Crippen LogP contribution in [0.5, 0.6) is 0 Å². The molecular formula is C20H19BrN4O4S. The maximum Gasteiger partial charge on any atom is 0.256 e. The van der Waals surface area contributed by atoms with Crippen molar-refractivity contribution in [2.45, 2.75) is 4.90 Å². The zero-order valence-electron chi connectivity index (χ0n) is 15.9. The number of rotatable bonds is 5. The lowest BCUT2D eigenvalue weighted by molar-refractivity contribution is 0.0730. The summed E-state index contributed by atoms with van der Waals surface area (Å²) in [5.41, 5.74) is 1.08. The summed E-state index contributed by atoms with van der Waals surface area (Å²) in [5.74, 6) is -0.0800. The predicted octanol–water partition coefficient (Wildman–Crippen LogP) is 2.91. The molecule has 0 spiro atoms. The van der Waals surface area contributed by atoms with Gasteiger partial charge in [0.25, 0.3) is 5.91 Å². The number of amides is 1. The lowest BCUT2D eigenvalue weighted by Gasteiger charge is -2.26. The summed E-state index contributed by atoms with van der Waals surface area (Å²) in [5, 5.41) is 7.05. The first kappa shape index (κ1) is 20.7. The van der Waals surface area contributed by atoms with Gasteiger partial charge in [-0.3, -0.25) is 4.79 Å². The SMILES string of the molecule is O=C(Nc1ccn(-c2ccccc2)n1)c1ccc(Br)c(S(=O)(=O)N2CCOCC2)c1. The van der Waals surface area contributed by atoms with Gasteiger partial charge in [-0.15, -0.1) is 0 Å². The summed E-state index contributed by atoms with van der Waals surface area (Å²) in [7, 11) is -3.75. The van der Waals surface area contributed by atoms with Crippen LogP contribution < -0.4 is 5.32 Å². The van der Waals surface area contributed by atoms with Crippen LogP contribution in [0.3, 0.4) is 0 Å². The van der Waals surface area contributed by atoms with E-state index in [1.54, 1.807) is 29.1 Å². The molecule has 1 aliphatic rings. The van der Waals surface area contributed by atoms with Gasteiger partial charge < -0.3 is 10.1 Å². The van der Waals surface area contributed by atoms with Gasteiger partial charge in [-0.05, 0) is 46.3 Å². The number of nitrogens with zero attached hydrogens (tertiary/aromatic N) is 3. The predicted molar refractivity (Wildman–Crippen MR) is 115 cm³/mol. The van der Waals surface area contributed by atoms with E-state index >= 15 is 0 Å². The minimum absolute atomic E-state index is 0.0480. The molecule has 0 radical (unpaired) electrons. The van der Waals surface area contributed by atoms with Crippen molar-refractivity contribution in [1.29, 1.82) is 0 Å². The summed E-state index contributed by atoms with van der Waals surface area (Å²) in [6.45, 7) is 1.26. The molecular weight excluding hydrogens is 472 g/mol. The minimum atomic E-state index is -3.75. The van der Waals surface area contributed by atoms with E-state index in [0.717, 1.165) is 5.69 Å². The molecule has 1 aliphatic heterocycles. The second-order valence-corrected chi connectivity index (χ2v) is 9.36. The molecule has 0 bridgehead atoms. The molecule has 1 fully saturated rings. The van der Waals surface area contributed by atoms with Crippen molar-refractivity contribution >= 4 is 37.7 Å². The van der Waals surface area contributed by atoms with Crippen molar-refractivity contribution < 1.29 is 17.9 Å². The average molecular weight is 491 g/mol. The molecule has 0 saturated carbocycles. The Morgan fingerprint density at radius 1 is 1.07 bits per heavy atom. The van der Waals surface area contributed by atoms with E-state index in [1.165, 1.54) is 10.4 Å². The van der Waals surface area contributed by atoms with E-state index in [2.05, 4.69) is 26.3 Å². The first-order valence-electron chi connectivity index (χ1n) is 9.25. The highest BCUT2D eigenvalue weighted by molar-refractivity contribution is 9.10. The van der Waals surface area contributed by atoms with Gasteiger partial charge >= 0.3 is 0 Å². The molecule has 4 rings (SSSR count). The summed E-state index contributed by atoms with van der Waals surface area (Å²) in [6.07, 6.45) is 1.74. The van der Waals surface area contributed by atoms with Crippen LogP contribution >= 0.6 is 15.9 Å². The quantitative estimate of drug-likeness (QED) is 0.593. The van der Waals surface area contributed by atoms with Gasteiger partial charge in [-0.2, -0.15) is 9.40 Å². The molecule has 3 aromatic rings. The van der Waals surface area contributed by atoms with Crippen LogP contribution in [0.2, 0.25) is 0 Å².